The van der Waals surface area contributed by atoms with Crippen molar-refractivity contribution in [1.82, 2.24) is 0 Å². The molecule has 0 amide bonds. The van der Waals surface area contributed by atoms with Gasteiger partial charge in [-0.1, -0.05) is 0 Å². The molecule has 0 nitrogen and oxygen atoms in total. The van der Waals surface area contributed by atoms with Crippen molar-refractivity contribution < 1.29 is 15.6 Å². The fourth-order valence-corrected chi connectivity index (χ4v) is 41.8. The standard InChI is InChI=1S/2C9H7.C6H15Si.2ClH.Zr/c2*1-2-5-9-7-3-6-8(9)4-1;1-3-4-5-6-7-2;;;/h2*1-7H;7H,3-6H2,1-2H3;2*1H;/q;;;;;+2/p-2. The molecule has 3 atom stereocenters. The molecule has 2 aliphatic carbocycles. The molecule has 0 radical (unpaired) electrons. The maximum atomic E-state index is 8.03. The third kappa shape index (κ3) is 3.29. The Morgan fingerprint density at radius 3 is 1.82 bits per heavy atom. The zero-order chi connectivity index (χ0) is 19.8. The van der Waals surface area contributed by atoms with Crippen LogP contribution in [0.4, 0.5) is 0 Å². The minimum absolute atomic E-state index is 0.227. The number of allylic oxidation sites excluding steroid dienone is 2. The van der Waals surface area contributed by atoms with E-state index in [1.54, 1.807) is 0 Å². The van der Waals surface area contributed by atoms with Gasteiger partial charge in [0, 0.05) is 0 Å². The molecule has 28 heavy (non-hydrogen) atoms. The van der Waals surface area contributed by atoms with Crippen LogP contribution in [0.3, 0.4) is 0 Å². The molecular formula is C24H29Cl2SiZr. The first-order chi connectivity index (χ1) is 13.5. The molecule has 0 fully saturated rings. The van der Waals surface area contributed by atoms with Gasteiger partial charge in [0.15, 0.2) is 0 Å². The van der Waals surface area contributed by atoms with E-state index >= 15 is 0 Å². The van der Waals surface area contributed by atoms with Crippen LogP contribution in [0.2, 0.25) is 12.6 Å². The molecule has 0 aliphatic heterocycles. The molecule has 4 heteroatoms. The average molecular weight is 508 g/mol. The Labute approximate surface area is 178 Å². The van der Waals surface area contributed by atoms with Gasteiger partial charge in [0.1, 0.15) is 0 Å². The van der Waals surface area contributed by atoms with Crippen molar-refractivity contribution in [3.63, 3.8) is 0 Å². The number of rotatable bonds is 7. The third-order valence-corrected chi connectivity index (χ3v) is 57.5. The van der Waals surface area contributed by atoms with E-state index in [0.717, 1.165) is 0 Å². The fourth-order valence-electron chi connectivity index (χ4n) is 5.24. The maximum absolute atomic E-state index is 8.03. The van der Waals surface area contributed by atoms with Crippen LogP contribution in [0.15, 0.2) is 60.7 Å². The van der Waals surface area contributed by atoms with E-state index in [2.05, 4.69) is 86.3 Å². The molecule has 4 rings (SSSR count). The summed E-state index contributed by atoms with van der Waals surface area (Å²) < 4.78 is 0.454. The van der Waals surface area contributed by atoms with E-state index in [4.69, 9.17) is 17.0 Å². The van der Waals surface area contributed by atoms with Crippen LogP contribution in [0, 0.1) is 0 Å². The number of halogens is 2. The van der Waals surface area contributed by atoms with Gasteiger partial charge in [-0.05, 0) is 0 Å². The summed E-state index contributed by atoms with van der Waals surface area (Å²) in [5, 5.41) is 0. The van der Waals surface area contributed by atoms with Gasteiger partial charge in [0.05, 0.1) is 0 Å². The summed E-state index contributed by atoms with van der Waals surface area (Å²) in [7, 11) is 16.1. The van der Waals surface area contributed by atoms with E-state index < -0.39 is 21.5 Å². The molecular weight excluding hydrogens is 478 g/mol. The van der Waals surface area contributed by atoms with Gasteiger partial charge >= 0.3 is 180 Å². The molecule has 2 aliphatic rings. The first-order valence-electron chi connectivity index (χ1n) is 10.6. The van der Waals surface area contributed by atoms with Gasteiger partial charge in [0.2, 0.25) is 0 Å². The van der Waals surface area contributed by atoms with Gasteiger partial charge < -0.3 is 0 Å². The second kappa shape index (κ2) is 8.03. The minimum atomic E-state index is -4.30. The monoisotopic (exact) mass is 505 g/mol. The Balaban J connectivity index is 1.83. The third-order valence-electron chi connectivity index (χ3n) is 6.97. The molecule has 147 valence electrons. The molecule has 0 bridgehead atoms. The van der Waals surface area contributed by atoms with Crippen molar-refractivity contribution in [2.45, 2.75) is 46.0 Å². The average Bonchev–Trinajstić information content (AvgIpc) is 3.33. The van der Waals surface area contributed by atoms with Crippen LogP contribution < -0.4 is 0 Å². The molecule has 0 saturated carbocycles. The second-order valence-corrected chi connectivity index (χ2v) is 50.1. The molecule has 3 unspecified atom stereocenters. The number of hydrogen-bond acceptors (Lipinski definition) is 0. The topological polar surface area (TPSA) is 0 Å². The number of unbranched alkanes of at least 4 members (excludes halogenated alkanes) is 2. The Bertz CT molecular complexity index is 868. The summed E-state index contributed by atoms with van der Waals surface area (Å²) in [6.45, 7) is 4.75. The fraction of sp³-hybridized carbons (Fsp3) is 0.333. The van der Waals surface area contributed by atoms with Crippen LogP contribution >= 0.6 is 17.0 Å². The Kier molecular flexibility index (Phi) is 5.98. The zero-order valence-electron chi connectivity index (χ0n) is 16.7. The summed E-state index contributed by atoms with van der Waals surface area (Å²) in [6.07, 6.45) is 13.0. The van der Waals surface area contributed by atoms with Gasteiger partial charge in [0.25, 0.3) is 0 Å². The SMILES string of the molecule is CCCCC[SiH](C)[Zr]([Cl])([Cl])([CH]1C=Cc2ccccc21)[CH]1C=Cc2ccccc21. The molecule has 0 aromatic heterocycles. The molecule has 0 spiro atoms. The predicted molar refractivity (Wildman–Crippen MR) is 125 cm³/mol. The van der Waals surface area contributed by atoms with Crippen LogP contribution in [-0.2, 0) is 15.6 Å². The van der Waals surface area contributed by atoms with E-state index in [1.807, 2.05) is 0 Å². The Morgan fingerprint density at radius 2 is 1.32 bits per heavy atom. The zero-order valence-corrected chi connectivity index (χ0v) is 21.9. The van der Waals surface area contributed by atoms with Gasteiger partial charge in [-0.3, -0.25) is 0 Å². The predicted octanol–water partition coefficient (Wildman–Crippen LogP) is 8.06. The number of benzene rings is 2. The first kappa shape index (κ1) is 20.9. The van der Waals surface area contributed by atoms with Gasteiger partial charge in [-0.2, -0.15) is 0 Å². The quantitative estimate of drug-likeness (QED) is 0.263. The molecule has 0 saturated heterocycles. The first-order valence-corrected chi connectivity index (χ1v) is 26.6. The van der Waals surface area contributed by atoms with Crippen molar-refractivity contribution in [2.24, 2.45) is 0 Å². The number of hydrogen-bond donors (Lipinski definition) is 0. The summed E-state index contributed by atoms with van der Waals surface area (Å²) in [4.78, 5) is 0. The summed E-state index contributed by atoms with van der Waals surface area (Å²) in [6, 6.07) is 18.7. The Morgan fingerprint density at radius 1 is 0.821 bits per heavy atom. The molecule has 2 aromatic carbocycles. The second-order valence-electron chi connectivity index (χ2n) is 8.55. The van der Waals surface area contributed by atoms with Crippen molar-refractivity contribution in [3.8, 4) is 0 Å². The molecule has 0 heterocycles. The summed E-state index contributed by atoms with van der Waals surface area (Å²) in [5.41, 5.74) is 5.34. The van der Waals surface area contributed by atoms with Crippen LogP contribution in [0.1, 0.15) is 55.7 Å². The van der Waals surface area contributed by atoms with Crippen molar-refractivity contribution >= 4 is 35.1 Å². The summed E-state index contributed by atoms with van der Waals surface area (Å²) in [5.74, 6) is -1.36. The molecule has 2 aromatic rings. The summed E-state index contributed by atoms with van der Waals surface area (Å²) >= 11 is -4.30. The van der Waals surface area contributed by atoms with Crippen molar-refractivity contribution in [1.29, 1.82) is 0 Å². The van der Waals surface area contributed by atoms with E-state index in [1.165, 1.54) is 47.6 Å². The Hall–Kier alpha value is -0.400. The van der Waals surface area contributed by atoms with Crippen LogP contribution in [0.25, 0.3) is 12.2 Å². The normalized spacial score (nSPS) is 22.5. The van der Waals surface area contributed by atoms with E-state index in [0.29, 0.717) is 0 Å². The van der Waals surface area contributed by atoms with Crippen molar-refractivity contribution in [3.05, 3.63) is 82.9 Å². The van der Waals surface area contributed by atoms with E-state index in [9.17, 15) is 0 Å². The van der Waals surface area contributed by atoms with Crippen LogP contribution in [-0.4, -0.2) is 5.92 Å². The van der Waals surface area contributed by atoms with Gasteiger partial charge in [-0.15, -0.1) is 0 Å². The van der Waals surface area contributed by atoms with Crippen molar-refractivity contribution in [2.75, 3.05) is 0 Å². The van der Waals surface area contributed by atoms with E-state index in [-0.39, 0.29) is 7.25 Å². The van der Waals surface area contributed by atoms with Crippen LogP contribution in [0.5, 0.6) is 0 Å². The van der Waals surface area contributed by atoms with Gasteiger partial charge in [-0.25, -0.2) is 0 Å². The number of fused-ring (bicyclic) bond motifs is 2. The molecule has 0 N–H and O–H groups in total.